The minimum atomic E-state index is -0.360. The molecule has 0 radical (unpaired) electrons. The molecule has 3 aromatic rings. The number of hydrogen-bond acceptors (Lipinski definition) is 6. The molecule has 0 aliphatic carbocycles. The molecule has 4 rings (SSSR count). The van der Waals surface area contributed by atoms with Crippen molar-refractivity contribution >= 4 is 27.5 Å². The zero-order valence-corrected chi connectivity index (χ0v) is 19.1. The predicted molar refractivity (Wildman–Crippen MR) is 124 cm³/mol. The van der Waals surface area contributed by atoms with Gasteiger partial charge in [-0.1, -0.05) is 12.1 Å². The van der Waals surface area contributed by atoms with Gasteiger partial charge in [0, 0.05) is 43.3 Å². The van der Waals surface area contributed by atoms with E-state index >= 15 is 0 Å². The van der Waals surface area contributed by atoms with E-state index in [9.17, 15) is 4.79 Å². The summed E-state index contributed by atoms with van der Waals surface area (Å²) < 4.78 is 11.3. The molecule has 0 spiro atoms. The van der Waals surface area contributed by atoms with Crippen LogP contribution in [-0.4, -0.2) is 42.1 Å². The number of thiophene rings is 1. The molecule has 1 saturated heterocycles. The highest BCUT2D eigenvalue weighted by Crippen LogP contribution is 2.39. The molecule has 1 amide bonds. The molecule has 1 aliphatic heterocycles. The van der Waals surface area contributed by atoms with Crippen LogP contribution in [-0.2, 0) is 17.9 Å². The summed E-state index contributed by atoms with van der Waals surface area (Å²) in [5.41, 5.74) is 9.07. The Labute approximate surface area is 187 Å². The molecule has 6 nitrogen and oxygen atoms in total. The first kappa shape index (κ1) is 21.7. The Morgan fingerprint density at radius 3 is 2.94 bits per heavy atom. The normalized spacial score (nSPS) is 17.0. The highest BCUT2D eigenvalue weighted by Gasteiger charge is 2.30. The first-order valence-electron chi connectivity index (χ1n) is 10.6. The maximum absolute atomic E-state index is 12.1. The largest absolute Gasteiger partial charge is 0.491 e. The van der Waals surface area contributed by atoms with Crippen molar-refractivity contribution in [3.63, 3.8) is 0 Å². The molecule has 7 heteroatoms. The van der Waals surface area contributed by atoms with Crippen LogP contribution >= 0.6 is 11.3 Å². The number of nitrogens with zero attached hydrogens (tertiary/aromatic N) is 2. The minimum Gasteiger partial charge on any atom is -0.491 e. The molecule has 1 aliphatic rings. The zero-order valence-electron chi connectivity index (χ0n) is 18.3. The van der Waals surface area contributed by atoms with Crippen molar-refractivity contribution in [1.29, 1.82) is 0 Å². The van der Waals surface area contributed by atoms with Crippen molar-refractivity contribution in [3.8, 4) is 5.75 Å². The number of amides is 1. The molecule has 0 bridgehead atoms. The summed E-state index contributed by atoms with van der Waals surface area (Å²) in [5.74, 6) is 0.798. The molecular weight excluding hydrogens is 410 g/mol. The second-order valence-electron chi connectivity index (χ2n) is 8.33. The van der Waals surface area contributed by atoms with E-state index in [0.717, 1.165) is 53.1 Å². The lowest BCUT2D eigenvalue weighted by molar-refractivity contribution is 0.100. The summed E-state index contributed by atoms with van der Waals surface area (Å²) in [4.78, 5) is 20.5. The average Bonchev–Trinajstić information content (AvgIpc) is 3.34. The number of benzene rings is 1. The Bertz CT molecular complexity index is 1080. The molecule has 2 N–H and O–H groups in total. The third kappa shape index (κ3) is 4.74. The summed E-state index contributed by atoms with van der Waals surface area (Å²) in [6.07, 6.45) is 2.88. The first-order valence-corrected chi connectivity index (χ1v) is 11.4. The summed E-state index contributed by atoms with van der Waals surface area (Å²) >= 11 is 1.41. The van der Waals surface area contributed by atoms with Gasteiger partial charge in [0.05, 0.1) is 17.6 Å². The quantitative estimate of drug-likeness (QED) is 0.566. The lowest BCUT2D eigenvalue weighted by Gasteiger charge is -2.19. The third-order valence-electron chi connectivity index (χ3n) is 5.60. The Balaban J connectivity index is 1.53. The monoisotopic (exact) mass is 439 g/mol. The second kappa shape index (κ2) is 9.34. The van der Waals surface area contributed by atoms with E-state index in [1.807, 2.05) is 32.0 Å². The van der Waals surface area contributed by atoms with Crippen LogP contribution in [0.1, 0.15) is 52.5 Å². The van der Waals surface area contributed by atoms with Gasteiger partial charge in [0.25, 0.3) is 5.91 Å². The Morgan fingerprint density at radius 2 is 2.19 bits per heavy atom. The standard InChI is InChI=1S/C24H29N3O3S/c1-15(2)30-20-7-6-16(11-18(20)14-29-3)12-27-10-8-17(13-27)21-19-5-4-9-26-24(19)31-22(21)23(25)28/h4-7,9,11,15,17H,8,10,12-14H2,1-3H3,(H2,25,28). The molecule has 1 fully saturated rings. The van der Waals surface area contributed by atoms with Crippen LogP contribution in [0, 0.1) is 0 Å². The van der Waals surface area contributed by atoms with E-state index < -0.39 is 0 Å². The van der Waals surface area contributed by atoms with Gasteiger partial charge in [-0.15, -0.1) is 11.3 Å². The van der Waals surface area contributed by atoms with Crippen LogP contribution in [0.4, 0.5) is 0 Å². The fourth-order valence-electron chi connectivity index (χ4n) is 4.38. The van der Waals surface area contributed by atoms with Crippen molar-refractivity contribution in [2.45, 2.75) is 45.4 Å². The fraction of sp³-hybridized carbons (Fsp3) is 0.417. The topological polar surface area (TPSA) is 77.7 Å². The lowest BCUT2D eigenvalue weighted by Crippen LogP contribution is -2.20. The van der Waals surface area contributed by atoms with E-state index in [2.05, 4.69) is 22.0 Å². The van der Waals surface area contributed by atoms with Crippen molar-refractivity contribution < 1.29 is 14.3 Å². The average molecular weight is 440 g/mol. The molecule has 31 heavy (non-hydrogen) atoms. The number of ether oxygens (including phenoxy) is 2. The summed E-state index contributed by atoms with van der Waals surface area (Å²) in [7, 11) is 1.70. The Kier molecular flexibility index (Phi) is 6.55. The van der Waals surface area contributed by atoms with Gasteiger partial charge in [0.2, 0.25) is 0 Å². The first-order chi connectivity index (χ1) is 15.0. The number of carbonyl (C=O) groups is 1. The number of likely N-dealkylation sites (tertiary alicyclic amines) is 1. The van der Waals surface area contributed by atoms with Gasteiger partial charge in [0.1, 0.15) is 10.6 Å². The SMILES string of the molecule is COCc1cc(CN2CCC(c3c(C(N)=O)sc4ncccc34)C2)ccc1OC(C)C. The predicted octanol–water partition coefficient (Wildman–Crippen LogP) is 4.32. The number of methoxy groups -OCH3 is 1. The van der Waals surface area contributed by atoms with E-state index in [-0.39, 0.29) is 17.9 Å². The molecule has 164 valence electrons. The molecule has 2 aromatic heterocycles. The van der Waals surface area contributed by atoms with Crippen LogP contribution in [0.3, 0.4) is 0 Å². The second-order valence-corrected chi connectivity index (χ2v) is 9.33. The molecular formula is C24H29N3O3S. The smallest absolute Gasteiger partial charge is 0.259 e. The van der Waals surface area contributed by atoms with E-state index in [1.165, 1.54) is 16.9 Å². The van der Waals surface area contributed by atoms with Crippen molar-refractivity contribution in [2.24, 2.45) is 5.73 Å². The van der Waals surface area contributed by atoms with Gasteiger partial charge >= 0.3 is 0 Å². The molecule has 1 atom stereocenters. The number of aromatic nitrogens is 1. The Morgan fingerprint density at radius 1 is 1.35 bits per heavy atom. The van der Waals surface area contributed by atoms with Gasteiger partial charge in [-0.05, 0) is 56.1 Å². The number of hydrogen-bond donors (Lipinski definition) is 1. The number of primary amides is 1. The van der Waals surface area contributed by atoms with Gasteiger partial charge in [-0.3, -0.25) is 9.69 Å². The number of pyridine rings is 1. The Hall–Kier alpha value is -2.48. The van der Waals surface area contributed by atoms with Crippen LogP contribution < -0.4 is 10.5 Å². The van der Waals surface area contributed by atoms with Crippen molar-refractivity contribution in [1.82, 2.24) is 9.88 Å². The van der Waals surface area contributed by atoms with Gasteiger partial charge in [-0.2, -0.15) is 0 Å². The summed E-state index contributed by atoms with van der Waals surface area (Å²) in [6, 6.07) is 10.3. The van der Waals surface area contributed by atoms with Crippen molar-refractivity contribution in [2.75, 3.05) is 20.2 Å². The van der Waals surface area contributed by atoms with Crippen LogP contribution in [0.25, 0.3) is 10.2 Å². The van der Waals surface area contributed by atoms with Crippen LogP contribution in [0.2, 0.25) is 0 Å². The number of carbonyl (C=O) groups excluding carboxylic acids is 1. The van der Waals surface area contributed by atoms with Gasteiger partial charge in [-0.25, -0.2) is 4.98 Å². The van der Waals surface area contributed by atoms with Gasteiger partial charge < -0.3 is 15.2 Å². The number of nitrogens with two attached hydrogens (primary N) is 1. The lowest BCUT2D eigenvalue weighted by atomic mass is 9.95. The molecule has 3 heterocycles. The van der Waals surface area contributed by atoms with E-state index in [1.54, 1.807) is 13.3 Å². The number of rotatable bonds is 8. The zero-order chi connectivity index (χ0) is 22.0. The number of fused-ring (bicyclic) bond motifs is 1. The van der Waals surface area contributed by atoms with Crippen LogP contribution in [0.15, 0.2) is 36.5 Å². The summed E-state index contributed by atoms with van der Waals surface area (Å²) in [5, 5.41) is 1.06. The van der Waals surface area contributed by atoms with Crippen molar-refractivity contribution in [3.05, 3.63) is 58.1 Å². The maximum atomic E-state index is 12.1. The molecule has 1 aromatic carbocycles. The third-order valence-corrected chi connectivity index (χ3v) is 6.75. The molecule has 1 unspecified atom stereocenters. The van der Waals surface area contributed by atoms with Gasteiger partial charge in [0.15, 0.2) is 0 Å². The van der Waals surface area contributed by atoms with E-state index in [0.29, 0.717) is 11.5 Å². The fourth-order valence-corrected chi connectivity index (χ4v) is 5.46. The maximum Gasteiger partial charge on any atom is 0.259 e. The van der Waals surface area contributed by atoms with E-state index in [4.69, 9.17) is 15.2 Å². The molecule has 0 saturated carbocycles. The minimum absolute atomic E-state index is 0.121. The van der Waals surface area contributed by atoms with Crippen LogP contribution in [0.5, 0.6) is 5.75 Å². The highest BCUT2D eigenvalue weighted by atomic mass is 32.1. The highest BCUT2D eigenvalue weighted by molar-refractivity contribution is 7.20. The summed E-state index contributed by atoms with van der Waals surface area (Å²) in [6.45, 7) is 7.29.